The van der Waals surface area contributed by atoms with E-state index in [1.807, 2.05) is 6.07 Å². The summed E-state index contributed by atoms with van der Waals surface area (Å²) in [6, 6.07) is 36.2. The maximum Gasteiger partial charge on any atom is 0.158 e. The molecule has 6 rings (SSSR count). The van der Waals surface area contributed by atoms with Crippen LogP contribution >= 0.6 is 0 Å². The lowest BCUT2D eigenvalue weighted by atomic mass is 9.95. The predicted octanol–water partition coefficient (Wildman–Crippen LogP) is 9.27. The minimum absolute atomic E-state index is 0.368. The van der Waals surface area contributed by atoms with E-state index in [-0.39, 0.29) is 0 Å². The fourth-order valence-electron chi connectivity index (χ4n) is 4.81. The van der Waals surface area contributed by atoms with Gasteiger partial charge in [0, 0.05) is 22.0 Å². The molecule has 0 radical (unpaired) electrons. The first-order chi connectivity index (χ1) is 16.2. The number of rotatable bonds is 4. The Bertz CT molecular complexity index is 1610. The number of anilines is 2. The summed E-state index contributed by atoms with van der Waals surface area (Å²) in [7, 11) is 0. The Hall–Kier alpha value is -4.04. The predicted molar refractivity (Wildman–Crippen MR) is 140 cm³/mol. The van der Waals surface area contributed by atoms with E-state index in [0.717, 1.165) is 27.9 Å². The van der Waals surface area contributed by atoms with Gasteiger partial charge in [0.15, 0.2) is 5.58 Å². The van der Waals surface area contributed by atoms with Crippen LogP contribution in [0.3, 0.4) is 0 Å². The third kappa shape index (κ3) is 3.27. The van der Waals surface area contributed by atoms with Gasteiger partial charge in [-0.25, -0.2) is 0 Å². The van der Waals surface area contributed by atoms with Gasteiger partial charge in [0.05, 0.1) is 5.69 Å². The van der Waals surface area contributed by atoms with Crippen molar-refractivity contribution in [1.82, 2.24) is 0 Å². The van der Waals surface area contributed by atoms with Gasteiger partial charge in [-0.2, -0.15) is 0 Å². The number of furan rings is 1. The van der Waals surface area contributed by atoms with Crippen molar-refractivity contribution < 1.29 is 4.42 Å². The largest absolute Gasteiger partial charge is 0.454 e. The smallest absolute Gasteiger partial charge is 0.158 e. The maximum atomic E-state index is 6.64. The van der Waals surface area contributed by atoms with Crippen LogP contribution in [-0.2, 0) is 0 Å². The van der Waals surface area contributed by atoms with Gasteiger partial charge in [0.2, 0.25) is 0 Å². The van der Waals surface area contributed by atoms with Crippen LogP contribution in [0.4, 0.5) is 11.4 Å². The molecule has 0 saturated heterocycles. The molecular formula is C31H25NO. The van der Waals surface area contributed by atoms with Gasteiger partial charge in [0.1, 0.15) is 5.58 Å². The second-order valence-electron chi connectivity index (χ2n) is 8.87. The Morgan fingerprint density at radius 3 is 2.18 bits per heavy atom. The van der Waals surface area contributed by atoms with Crippen LogP contribution < -0.4 is 5.32 Å². The third-order valence-corrected chi connectivity index (χ3v) is 6.42. The van der Waals surface area contributed by atoms with E-state index in [1.165, 1.54) is 32.8 Å². The molecule has 0 aliphatic rings. The number of hydrogen-bond acceptors (Lipinski definition) is 2. The summed E-state index contributed by atoms with van der Waals surface area (Å²) in [5, 5.41) is 8.51. The van der Waals surface area contributed by atoms with Gasteiger partial charge in [-0.1, -0.05) is 98.8 Å². The lowest BCUT2D eigenvalue weighted by Gasteiger charge is -2.12. The van der Waals surface area contributed by atoms with Gasteiger partial charge in [-0.05, 0) is 46.0 Å². The lowest BCUT2D eigenvalue weighted by Crippen LogP contribution is -1.93. The standard InChI is InChI=1S/C31H25NO/c1-20(2)26-19-22-13-6-7-15-24(22)29-25-16-10-18-28(30(25)33-31(26)29)32-27-17-9-8-14-23(27)21-11-4-3-5-12-21/h3-20,32H,1-2H3. The monoisotopic (exact) mass is 427 g/mol. The molecule has 0 unspecified atom stereocenters. The molecule has 160 valence electrons. The summed E-state index contributed by atoms with van der Waals surface area (Å²) in [4.78, 5) is 0. The average molecular weight is 428 g/mol. The number of fused-ring (bicyclic) bond motifs is 5. The third-order valence-electron chi connectivity index (χ3n) is 6.42. The summed E-state index contributed by atoms with van der Waals surface area (Å²) in [6.45, 7) is 4.46. The van der Waals surface area contributed by atoms with E-state index in [9.17, 15) is 0 Å². The van der Waals surface area contributed by atoms with Crippen molar-refractivity contribution in [2.24, 2.45) is 0 Å². The zero-order valence-corrected chi connectivity index (χ0v) is 18.8. The molecule has 1 aromatic heterocycles. The highest BCUT2D eigenvalue weighted by atomic mass is 16.3. The minimum Gasteiger partial charge on any atom is -0.454 e. The summed E-state index contributed by atoms with van der Waals surface area (Å²) in [6.07, 6.45) is 0. The summed E-state index contributed by atoms with van der Waals surface area (Å²) in [5.74, 6) is 0.368. The molecule has 2 heteroatoms. The zero-order valence-electron chi connectivity index (χ0n) is 18.8. The summed E-state index contributed by atoms with van der Waals surface area (Å²) >= 11 is 0. The molecule has 0 fully saturated rings. The van der Waals surface area contributed by atoms with Crippen LogP contribution in [0, 0.1) is 0 Å². The van der Waals surface area contributed by atoms with Crippen molar-refractivity contribution in [1.29, 1.82) is 0 Å². The SMILES string of the molecule is CC(C)c1cc2ccccc2c2c1oc1c(Nc3ccccc3-c3ccccc3)cccc12. The van der Waals surface area contributed by atoms with E-state index in [1.54, 1.807) is 0 Å². The maximum absolute atomic E-state index is 6.64. The van der Waals surface area contributed by atoms with Gasteiger partial charge >= 0.3 is 0 Å². The second-order valence-corrected chi connectivity index (χ2v) is 8.87. The minimum atomic E-state index is 0.368. The highest BCUT2D eigenvalue weighted by Crippen LogP contribution is 2.42. The molecule has 1 heterocycles. The fourth-order valence-corrected chi connectivity index (χ4v) is 4.81. The number of nitrogens with one attached hydrogen (secondary N) is 1. The summed E-state index contributed by atoms with van der Waals surface area (Å²) < 4.78 is 6.64. The Labute approximate surface area is 193 Å². The molecule has 5 aromatic carbocycles. The highest BCUT2D eigenvalue weighted by molar-refractivity contribution is 6.21. The molecule has 0 saturated carbocycles. The molecule has 33 heavy (non-hydrogen) atoms. The van der Waals surface area contributed by atoms with Crippen LogP contribution in [0.2, 0.25) is 0 Å². The molecule has 2 nitrogen and oxygen atoms in total. The van der Waals surface area contributed by atoms with Crippen LogP contribution in [-0.4, -0.2) is 0 Å². The number of para-hydroxylation sites is 2. The van der Waals surface area contributed by atoms with Crippen molar-refractivity contribution in [2.75, 3.05) is 5.32 Å². The van der Waals surface area contributed by atoms with Gasteiger partial charge in [0.25, 0.3) is 0 Å². The molecule has 0 spiro atoms. The van der Waals surface area contributed by atoms with Crippen LogP contribution in [0.5, 0.6) is 0 Å². The van der Waals surface area contributed by atoms with Crippen molar-refractivity contribution in [3.05, 3.63) is 109 Å². The molecule has 0 aliphatic carbocycles. The average Bonchev–Trinajstić information content (AvgIpc) is 3.25. The quantitative estimate of drug-likeness (QED) is 0.303. The first kappa shape index (κ1) is 19.6. The van der Waals surface area contributed by atoms with Crippen LogP contribution in [0.1, 0.15) is 25.3 Å². The molecule has 6 aromatic rings. The van der Waals surface area contributed by atoms with Crippen molar-refractivity contribution >= 4 is 44.1 Å². The first-order valence-corrected chi connectivity index (χ1v) is 11.5. The Morgan fingerprint density at radius 2 is 1.33 bits per heavy atom. The number of benzene rings is 5. The number of hydrogen-bond donors (Lipinski definition) is 1. The highest BCUT2D eigenvalue weighted by Gasteiger charge is 2.19. The molecule has 0 bridgehead atoms. The van der Waals surface area contributed by atoms with E-state index in [0.29, 0.717) is 5.92 Å². The van der Waals surface area contributed by atoms with Gasteiger partial charge in [-0.15, -0.1) is 0 Å². The molecular weight excluding hydrogens is 402 g/mol. The topological polar surface area (TPSA) is 25.2 Å². The van der Waals surface area contributed by atoms with Crippen molar-refractivity contribution in [2.45, 2.75) is 19.8 Å². The molecule has 1 N–H and O–H groups in total. The molecule has 0 amide bonds. The molecule has 0 aliphatic heterocycles. The second kappa shape index (κ2) is 7.83. The van der Waals surface area contributed by atoms with Crippen molar-refractivity contribution in [3.8, 4) is 11.1 Å². The van der Waals surface area contributed by atoms with Crippen LogP contribution in [0.15, 0.2) is 108 Å². The Morgan fingerprint density at radius 1 is 0.636 bits per heavy atom. The zero-order chi connectivity index (χ0) is 22.4. The normalized spacial score (nSPS) is 11.6. The van der Waals surface area contributed by atoms with Gasteiger partial charge < -0.3 is 9.73 Å². The Kier molecular flexibility index (Phi) is 4.66. The van der Waals surface area contributed by atoms with Crippen LogP contribution in [0.25, 0.3) is 43.8 Å². The van der Waals surface area contributed by atoms with E-state index in [4.69, 9.17) is 4.42 Å². The Balaban J connectivity index is 1.59. The molecule has 0 atom stereocenters. The summed E-state index contributed by atoms with van der Waals surface area (Å²) in [5.41, 5.74) is 7.52. The van der Waals surface area contributed by atoms with E-state index >= 15 is 0 Å². The first-order valence-electron chi connectivity index (χ1n) is 11.5. The lowest BCUT2D eigenvalue weighted by molar-refractivity contribution is 0.658. The fraction of sp³-hybridized carbons (Fsp3) is 0.0968. The van der Waals surface area contributed by atoms with E-state index < -0.39 is 0 Å². The van der Waals surface area contributed by atoms with Crippen molar-refractivity contribution in [3.63, 3.8) is 0 Å². The van der Waals surface area contributed by atoms with E-state index in [2.05, 4.69) is 116 Å². The van der Waals surface area contributed by atoms with Gasteiger partial charge in [-0.3, -0.25) is 0 Å².